The van der Waals surface area contributed by atoms with Crippen molar-refractivity contribution in [2.45, 2.75) is 5.88 Å². The van der Waals surface area contributed by atoms with Gasteiger partial charge in [-0.2, -0.15) is 0 Å². The summed E-state index contributed by atoms with van der Waals surface area (Å²) in [5.74, 6) is 0.358. The molecular formula is C16H9Cl4NS. The highest BCUT2D eigenvalue weighted by atomic mass is 35.5. The maximum Gasteiger partial charge on any atom is 0.109 e. The molecule has 0 fully saturated rings. The van der Waals surface area contributed by atoms with E-state index in [9.17, 15) is 0 Å². The average molecular weight is 389 g/mol. The summed E-state index contributed by atoms with van der Waals surface area (Å²) in [5, 5.41) is 2.71. The molecular weight excluding hydrogens is 380 g/mol. The van der Waals surface area contributed by atoms with E-state index in [4.69, 9.17) is 46.4 Å². The predicted molar refractivity (Wildman–Crippen MR) is 97.6 cm³/mol. The third kappa shape index (κ3) is 3.27. The summed E-state index contributed by atoms with van der Waals surface area (Å²) < 4.78 is 0. The van der Waals surface area contributed by atoms with Crippen LogP contribution in [0, 0.1) is 0 Å². The Labute approximate surface area is 152 Å². The van der Waals surface area contributed by atoms with Gasteiger partial charge in [-0.3, -0.25) is 0 Å². The van der Waals surface area contributed by atoms with Crippen molar-refractivity contribution in [2.75, 3.05) is 0 Å². The summed E-state index contributed by atoms with van der Waals surface area (Å²) >= 11 is 25.8. The average Bonchev–Trinajstić information content (AvgIpc) is 2.92. The van der Waals surface area contributed by atoms with Crippen LogP contribution in [-0.2, 0) is 5.88 Å². The Balaban J connectivity index is 2.18. The fourth-order valence-electron chi connectivity index (χ4n) is 2.08. The molecule has 0 atom stereocenters. The molecule has 0 saturated heterocycles. The van der Waals surface area contributed by atoms with Crippen LogP contribution in [0.1, 0.15) is 5.01 Å². The van der Waals surface area contributed by atoms with E-state index in [1.165, 1.54) is 11.3 Å². The summed E-state index contributed by atoms with van der Waals surface area (Å²) in [6, 6.07) is 13.0. The minimum Gasteiger partial charge on any atom is -0.239 e. The number of aromatic nitrogens is 1. The number of hydrogen-bond acceptors (Lipinski definition) is 2. The van der Waals surface area contributed by atoms with Gasteiger partial charge in [0.25, 0.3) is 0 Å². The van der Waals surface area contributed by atoms with E-state index in [0.29, 0.717) is 20.9 Å². The molecule has 1 nitrogen and oxygen atoms in total. The van der Waals surface area contributed by atoms with Gasteiger partial charge in [-0.05, 0) is 24.3 Å². The Morgan fingerprint density at radius 1 is 0.909 bits per heavy atom. The van der Waals surface area contributed by atoms with Crippen LogP contribution >= 0.6 is 57.7 Å². The first-order valence-electron chi connectivity index (χ1n) is 6.35. The van der Waals surface area contributed by atoms with Gasteiger partial charge in [0.15, 0.2) is 0 Å². The van der Waals surface area contributed by atoms with Gasteiger partial charge < -0.3 is 0 Å². The molecule has 2 aromatic carbocycles. The number of hydrogen-bond donors (Lipinski definition) is 0. The molecule has 22 heavy (non-hydrogen) atoms. The molecule has 0 aliphatic carbocycles. The number of nitrogens with zero attached hydrogens (tertiary/aromatic N) is 1. The van der Waals surface area contributed by atoms with Crippen LogP contribution in [0.3, 0.4) is 0 Å². The molecule has 3 aromatic rings. The zero-order valence-electron chi connectivity index (χ0n) is 11.1. The quantitative estimate of drug-likeness (QED) is 0.433. The largest absolute Gasteiger partial charge is 0.239 e. The summed E-state index contributed by atoms with van der Waals surface area (Å²) in [6.07, 6.45) is 0. The van der Waals surface area contributed by atoms with Gasteiger partial charge in [-0.1, -0.05) is 53.0 Å². The highest BCUT2D eigenvalue weighted by Crippen LogP contribution is 2.41. The van der Waals surface area contributed by atoms with Gasteiger partial charge in [0, 0.05) is 21.2 Å². The topological polar surface area (TPSA) is 12.9 Å². The highest BCUT2D eigenvalue weighted by molar-refractivity contribution is 7.16. The Morgan fingerprint density at radius 3 is 2.23 bits per heavy atom. The number of thiazole rings is 1. The summed E-state index contributed by atoms with van der Waals surface area (Å²) in [7, 11) is 0. The SMILES string of the molecule is ClCc1nc(-c2ccc(Cl)cc2)c(-c2ccc(Cl)cc2Cl)s1. The summed E-state index contributed by atoms with van der Waals surface area (Å²) in [6.45, 7) is 0. The molecule has 6 heteroatoms. The van der Waals surface area contributed by atoms with Crippen molar-refractivity contribution in [3.63, 3.8) is 0 Å². The lowest BCUT2D eigenvalue weighted by atomic mass is 10.1. The van der Waals surface area contributed by atoms with Crippen LogP contribution < -0.4 is 0 Å². The zero-order valence-corrected chi connectivity index (χ0v) is 15.0. The van der Waals surface area contributed by atoms with Crippen molar-refractivity contribution in [3.8, 4) is 21.7 Å². The molecule has 112 valence electrons. The molecule has 1 heterocycles. The molecule has 0 aliphatic rings. The smallest absolute Gasteiger partial charge is 0.109 e. The molecule has 0 aliphatic heterocycles. The van der Waals surface area contributed by atoms with Crippen molar-refractivity contribution in [3.05, 3.63) is 62.5 Å². The molecule has 0 amide bonds. The van der Waals surface area contributed by atoms with Gasteiger partial charge in [-0.15, -0.1) is 22.9 Å². The lowest BCUT2D eigenvalue weighted by Crippen LogP contribution is -1.84. The second-order valence-electron chi connectivity index (χ2n) is 4.55. The maximum absolute atomic E-state index is 6.34. The molecule has 0 N–H and O–H groups in total. The Hall–Kier alpha value is -0.770. The molecule has 0 spiro atoms. The molecule has 0 radical (unpaired) electrons. The van der Waals surface area contributed by atoms with Crippen LogP contribution in [0.15, 0.2) is 42.5 Å². The first kappa shape index (κ1) is 16.1. The third-order valence-electron chi connectivity index (χ3n) is 3.08. The Bertz CT molecular complexity index is 812. The van der Waals surface area contributed by atoms with E-state index in [1.54, 1.807) is 6.07 Å². The fourth-order valence-corrected chi connectivity index (χ4v) is 3.96. The second kappa shape index (κ2) is 6.77. The van der Waals surface area contributed by atoms with Crippen LogP contribution in [0.25, 0.3) is 21.7 Å². The maximum atomic E-state index is 6.34. The normalized spacial score (nSPS) is 10.9. The highest BCUT2D eigenvalue weighted by Gasteiger charge is 2.17. The van der Waals surface area contributed by atoms with E-state index in [-0.39, 0.29) is 0 Å². The third-order valence-corrected chi connectivity index (χ3v) is 5.38. The van der Waals surface area contributed by atoms with E-state index in [1.807, 2.05) is 36.4 Å². The first-order valence-corrected chi connectivity index (χ1v) is 8.84. The van der Waals surface area contributed by atoms with E-state index in [2.05, 4.69) is 4.98 Å². The van der Waals surface area contributed by atoms with Crippen LogP contribution in [0.2, 0.25) is 15.1 Å². The van der Waals surface area contributed by atoms with Gasteiger partial charge in [0.05, 0.1) is 21.5 Å². The lowest BCUT2D eigenvalue weighted by molar-refractivity contribution is 1.26. The molecule has 0 bridgehead atoms. The second-order valence-corrected chi connectivity index (χ2v) is 7.18. The van der Waals surface area contributed by atoms with Crippen LogP contribution in [0.4, 0.5) is 0 Å². The first-order chi connectivity index (χ1) is 10.6. The van der Waals surface area contributed by atoms with Crippen molar-refractivity contribution >= 4 is 57.7 Å². The minimum atomic E-state index is 0.358. The van der Waals surface area contributed by atoms with Crippen molar-refractivity contribution in [1.82, 2.24) is 4.98 Å². The monoisotopic (exact) mass is 387 g/mol. The van der Waals surface area contributed by atoms with E-state index in [0.717, 1.165) is 26.7 Å². The number of benzene rings is 2. The van der Waals surface area contributed by atoms with Gasteiger partial charge in [0.2, 0.25) is 0 Å². The minimum absolute atomic E-state index is 0.358. The van der Waals surface area contributed by atoms with Gasteiger partial charge in [-0.25, -0.2) is 4.98 Å². The fraction of sp³-hybridized carbons (Fsp3) is 0.0625. The predicted octanol–water partition coefficient (Wildman–Crippen LogP) is 7.18. The van der Waals surface area contributed by atoms with Gasteiger partial charge in [0.1, 0.15) is 5.01 Å². The number of rotatable bonds is 3. The zero-order chi connectivity index (χ0) is 15.7. The van der Waals surface area contributed by atoms with Crippen molar-refractivity contribution in [2.24, 2.45) is 0 Å². The van der Waals surface area contributed by atoms with Crippen LogP contribution in [-0.4, -0.2) is 4.98 Å². The Morgan fingerprint density at radius 2 is 1.59 bits per heavy atom. The lowest BCUT2D eigenvalue weighted by Gasteiger charge is -2.05. The van der Waals surface area contributed by atoms with Crippen molar-refractivity contribution in [1.29, 1.82) is 0 Å². The van der Waals surface area contributed by atoms with Crippen LogP contribution in [0.5, 0.6) is 0 Å². The summed E-state index contributed by atoms with van der Waals surface area (Å²) in [4.78, 5) is 5.59. The molecule has 3 rings (SSSR count). The van der Waals surface area contributed by atoms with Gasteiger partial charge >= 0.3 is 0 Å². The molecule has 0 saturated carbocycles. The number of halogens is 4. The van der Waals surface area contributed by atoms with E-state index < -0.39 is 0 Å². The molecule has 0 unspecified atom stereocenters. The van der Waals surface area contributed by atoms with Crippen molar-refractivity contribution < 1.29 is 0 Å². The standard InChI is InChI=1S/C16H9Cl4NS/c17-8-14-21-15(9-1-3-10(18)4-2-9)16(22-14)12-6-5-11(19)7-13(12)20/h1-7H,8H2. The molecule has 1 aromatic heterocycles. The van der Waals surface area contributed by atoms with E-state index >= 15 is 0 Å². The Kier molecular flexibility index (Phi) is 4.96. The number of alkyl halides is 1. The summed E-state index contributed by atoms with van der Waals surface area (Å²) in [5.41, 5.74) is 2.71.